The summed E-state index contributed by atoms with van der Waals surface area (Å²) in [5.74, 6) is 0. The van der Waals surface area contributed by atoms with E-state index in [1.54, 1.807) is 0 Å². The fourth-order valence-electron chi connectivity index (χ4n) is 11.4. The molecule has 2 aromatic heterocycles. The number of para-hydroxylation sites is 2. The van der Waals surface area contributed by atoms with Gasteiger partial charge in [-0.15, -0.1) is 11.3 Å². The molecule has 13 rings (SSSR count). The number of thiophene rings is 1. The van der Waals surface area contributed by atoms with Crippen molar-refractivity contribution in [1.29, 1.82) is 0 Å². The molecule has 63 heavy (non-hydrogen) atoms. The van der Waals surface area contributed by atoms with Gasteiger partial charge in [0.05, 0.1) is 11.0 Å². The Hall–Kier alpha value is -7.20. The zero-order valence-corrected chi connectivity index (χ0v) is 36.6. The second-order valence-corrected chi connectivity index (χ2v) is 19.5. The van der Waals surface area contributed by atoms with E-state index < -0.39 is 0 Å². The number of benzene rings is 9. The topological polar surface area (TPSA) is 8.17 Å². The second kappa shape index (κ2) is 13.2. The molecular formula is C60H44N2S. The van der Waals surface area contributed by atoms with Crippen LogP contribution in [0.5, 0.6) is 0 Å². The monoisotopic (exact) mass is 824 g/mol. The fourth-order valence-corrected chi connectivity index (χ4v) is 12.6. The summed E-state index contributed by atoms with van der Waals surface area (Å²) in [6.45, 7) is 9.60. The van der Waals surface area contributed by atoms with Crippen LogP contribution >= 0.6 is 11.3 Å². The molecule has 0 bridgehead atoms. The van der Waals surface area contributed by atoms with Crippen LogP contribution in [-0.4, -0.2) is 4.57 Å². The van der Waals surface area contributed by atoms with E-state index in [0.717, 1.165) is 17.1 Å². The Morgan fingerprint density at radius 1 is 0.413 bits per heavy atom. The highest BCUT2D eigenvalue weighted by atomic mass is 32.1. The van der Waals surface area contributed by atoms with Crippen LogP contribution < -0.4 is 4.90 Å². The summed E-state index contributed by atoms with van der Waals surface area (Å²) in [6, 6.07) is 72.6. The maximum atomic E-state index is 2.50. The molecule has 0 saturated carbocycles. The average Bonchev–Trinajstić information content (AvgIpc) is 4.00. The molecule has 0 fully saturated rings. The lowest BCUT2D eigenvalue weighted by molar-refractivity contribution is 0.660. The Morgan fingerprint density at radius 3 is 1.79 bits per heavy atom. The summed E-state index contributed by atoms with van der Waals surface area (Å²) >= 11 is 1.89. The Labute approximate surface area is 371 Å². The van der Waals surface area contributed by atoms with Gasteiger partial charge in [0.1, 0.15) is 0 Å². The third-order valence-corrected chi connectivity index (χ3v) is 15.6. The maximum Gasteiger partial charge on any atom is 0.0588 e. The highest BCUT2D eigenvalue weighted by Gasteiger charge is 2.40. The molecule has 0 unspecified atom stereocenters. The Balaban J connectivity index is 0.990. The third kappa shape index (κ3) is 5.12. The van der Waals surface area contributed by atoms with Gasteiger partial charge >= 0.3 is 0 Å². The van der Waals surface area contributed by atoms with Crippen LogP contribution in [0.2, 0.25) is 0 Å². The molecule has 0 N–H and O–H groups in total. The quantitative estimate of drug-likeness (QED) is 0.168. The van der Waals surface area contributed by atoms with E-state index in [-0.39, 0.29) is 10.8 Å². The smallest absolute Gasteiger partial charge is 0.0588 e. The van der Waals surface area contributed by atoms with Gasteiger partial charge in [-0.3, -0.25) is 0 Å². The van der Waals surface area contributed by atoms with Crippen molar-refractivity contribution >= 4 is 70.4 Å². The van der Waals surface area contributed by atoms with Gasteiger partial charge in [0, 0.05) is 64.5 Å². The molecule has 2 aliphatic carbocycles. The van der Waals surface area contributed by atoms with Crippen LogP contribution in [0.25, 0.3) is 81.0 Å². The molecule has 9 aromatic carbocycles. The standard InChI is InChI=1S/C60H44N2S/c1-59(2)51-22-11-8-17-43(51)44-31-29-40(35-52(44)59)61(39-27-25-37(26-28-39)42-20-14-21-50-47-19-10-13-24-55(47)63-58(42)50)41-30-32-45-48-33-34-49-46-18-9-12-23-54(46)62(38-15-6-5-7-16-38)57(49)56(48)60(3,4)53(45)36-41/h5-36H,1-4H3. The number of fused-ring (bicyclic) bond motifs is 13. The van der Waals surface area contributed by atoms with E-state index in [2.05, 4.69) is 231 Å². The molecule has 0 atom stereocenters. The van der Waals surface area contributed by atoms with Crippen molar-refractivity contribution in [2.75, 3.05) is 4.90 Å². The summed E-state index contributed by atoms with van der Waals surface area (Å²) < 4.78 is 5.16. The Morgan fingerprint density at radius 2 is 1.00 bits per heavy atom. The fraction of sp³-hybridized carbons (Fsp3) is 0.100. The normalized spacial score (nSPS) is 14.3. The van der Waals surface area contributed by atoms with E-state index in [1.807, 2.05) is 11.3 Å². The van der Waals surface area contributed by atoms with Gasteiger partial charge in [0.2, 0.25) is 0 Å². The Kier molecular flexibility index (Phi) is 7.61. The van der Waals surface area contributed by atoms with Crippen molar-refractivity contribution in [3.63, 3.8) is 0 Å². The summed E-state index contributed by atoms with van der Waals surface area (Å²) in [4.78, 5) is 2.49. The second-order valence-electron chi connectivity index (χ2n) is 18.5. The van der Waals surface area contributed by atoms with Crippen LogP contribution in [0, 0.1) is 0 Å². The van der Waals surface area contributed by atoms with Gasteiger partial charge < -0.3 is 9.47 Å². The summed E-state index contributed by atoms with van der Waals surface area (Å²) in [7, 11) is 0. The Bertz CT molecular complexity index is 3680. The van der Waals surface area contributed by atoms with Crippen LogP contribution in [-0.2, 0) is 10.8 Å². The van der Waals surface area contributed by atoms with Crippen molar-refractivity contribution in [1.82, 2.24) is 4.57 Å². The highest BCUT2D eigenvalue weighted by Crippen LogP contribution is 2.55. The molecule has 0 spiro atoms. The summed E-state index contributed by atoms with van der Waals surface area (Å²) in [5.41, 5.74) is 20.1. The van der Waals surface area contributed by atoms with Crippen LogP contribution in [0.1, 0.15) is 49.9 Å². The lowest BCUT2D eigenvalue weighted by Gasteiger charge is -2.30. The van der Waals surface area contributed by atoms with Crippen molar-refractivity contribution in [2.45, 2.75) is 38.5 Å². The summed E-state index contributed by atoms with van der Waals surface area (Å²) in [6.07, 6.45) is 0. The van der Waals surface area contributed by atoms with Gasteiger partial charge in [-0.05, 0) is 116 Å². The minimum atomic E-state index is -0.277. The van der Waals surface area contributed by atoms with Crippen molar-refractivity contribution in [3.8, 4) is 39.1 Å². The molecular weight excluding hydrogens is 781 g/mol. The number of aromatic nitrogens is 1. The van der Waals surface area contributed by atoms with E-state index in [9.17, 15) is 0 Å². The molecule has 0 amide bonds. The maximum absolute atomic E-state index is 2.50. The lowest BCUT2D eigenvalue weighted by Crippen LogP contribution is -2.18. The minimum Gasteiger partial charge on any atom is -0.310 e. The number of nitrogens with zero attached hydrogens (tertiary/aromatic N) is 2. The van der Waals surface area contributed by atoms with E-state index in [4.69, 9.17) is 0 Å². The lowest BCUT2D eigenvalue weighted by atomic mass is 9.81. The van der Waals surface area contributed by atoms with Crippen LogP contribution in [0.4, 0.5) is 17.1 Å². The largest absolute Gasteiger partial charge is 0.310 e. The van der Waals surface area contributed by atoms with E-state index in [1.165, 1.54) is 103 Å². The number of hydrogen-bond acceptors (Lipinski definition) is 2. The predicted octanol–water partition coefficient (Wildman–Crippen LogP) is 16.9. The van der Waals surface area contributed by atoms with Gasteiger partial charge in [0.15, 0.2) is 0 Å². The number of anilines is 3. The molecule has 300 valence electrons. The third-order valence-electron chi connectivity index (χ3n) is 14.4. The van der Waals surface area contributed by atoms with Gasteiger partial charge in [-0.1, -0.05) is 161 Å². The molecule has 0 saturated heterocycles. The zero-order chi connectivity index (χ0) is 42.2. The molecule has 0 aliphatic heterocycles. The average molecular weight is 825 g/mol. The summed E-state index contributed by atoms with van der Waals surface area (Å²) in [5, 5.41) is 5.23. The SMILES string of the molecule is CC1(C)c2ccccc2-c2ccc(N(c3ccc(-c4cccc5c4sc4ccccc45)cc3)c3ccc4c(c3)C(C)(C)c3c-4ccc4c5ccccc5n(-c5ccccc5)c34)cc21. The molecule has 2 heterocycles. The van der Waals surface area contributed by atoms with Gasteiger partial charge in [-0.25, -0.2) is 0 Å². The zero-order valence-electron chi connectivity index (χ0n) is 35.8. The first-order valence-electron chi connectivity index (χ1n) is 22.1. The van der Waals surface area contributed by atoms with Gasteiger partial charge in [-0.2, -0.15) is 0 Å². The van der Waals surface area contributed by atoms with Crippen molar-refractivity contribution < 1.29 is 0 Å². The molecule has 11 aromatic rings. The first-order chi connectivity index (χ1) is 30.8. The first kappa shape index (κ1) is 36.5. The van der Waals surface area contributed by atoms with Crippen LogP contribution in [0.15, 0.2) is 194 Å². The highest BCUT2D eigenvalue weighted by molar-refractivity contribution is 7.26. The minimum absolute atomic E-state index is 0.120. The van der Waals surface area contributed by atoms with Crippen molar-refractivity contribution in [3.05, 3.63) is 216 Å². The predicted molar refractivity (Wildman–Crippen MR) is 269 cm³/mol. The number of hydrogen-bond donors (Lipinski definition) is 0. The number of rotatable bonds is 5. The molecule has 0 radical (unpaired) electrons. The molecule has 2 aliphatic rings. The van der Waals surface area contributed by atoms with E-state index >= 15 is 0 Å². The molecule has 2 nitrogen and oxygen atoms in total. The van der Waals surface area contributed by atoms with Crippen LogP contribution in [0.3, 0.4) is 0 Å². The van der Waals surface area contributed by atoms with Gasteiger partial charge in [0.25, 0.3) is 0 Å². The first-order valence-corrected chi connectivity index (χ1v) is 22.9. The molecule has 3 heteroatoms. The van der Waals surface area contributed by atoms with Crippen molar-refractivity contribution in [2.24, 2.45) is 0 Å². The van der Waals surface area contributed by atoms with E-state index in [0.29, 0.717) is 0 Å².